The molecule has 0 aliphatic heterocycles. The molecule has 0 bridgehead atoms. The highest BCUT2D eigenvalue weighted by atomic mass is 16.5. The molecule has 0 amide bonds. The van der Waals surface area contributed by atoms with E-state index in [-0.39, 0.29) is 0 Å². The molecule has 0 radical (unpaired) electrons. The van der Waals surface area contributed by atoms with Gasteiger partial charge in [-0.05, 0) is 24.1 Å². The molecule has 1 heterocycles. The summed E-state index contributed by atoms with van der Waals surface area (Å²) in [6.45, 7) is 0.815. The van der Waals surface area contributed by atoms with Gasteiger partial charge < -0.3 is 15.4 Å². The second-order valence-electron chi connectivity index (χ2n) is 5.28. The Hall–Kier alpha value is -3.08. The van der Waals surface area contributed by atoms with Gasteiger partial charge in [0.05, 0.1) is 12.8 Å². The highest BCUT2D eigenvalue weighted by molar-refractivity contribution is 5.65. The van der Waals surface area contributed by atoms with Crippen molar-refractivity contribution in [2.24, 2.45) is 0 Å². The number of hydrogen-bond donors (Lipinski definition) is 2. The number of rotatable bonds is 7. The second-order valence-corrected chi connectivity index (χ2v) is 5.28. The van der Waals surface area contributed by atoms with Gasteiger partial charge in [0, 0.05) is 12.6 Å². The Morgan fingerprint density at radius 1 is 0.917 bits per heavy atom. The van der Waals surface area contributed by atoms with Crippen molar-refractivity contribution in [3.05, 3.63) is 72.6 Å². The number of para-hydroxylation sites is 2. The molecule has 0 atom stereocenters. The molecule has 3 aromatic rings. The van der Waals surface area contributed by atoms with Crippen molar-refractivity contribution in [1.82, 2.24) is 9.97 Å². The van der Waals surface area contributed by atoms with E-state index in [1.807, 2.05) is 36.4 Å². The molecule has 5 nitrogen and oxygen atoms in total. The third-order valence-electron chi connectivity index (χ3n) is 3.60. The fraction of sp³-hybridized carbons (Fsp3) is 0.158. The summed E-state index contributed by atoms with van der Waals surface area (Å²) in [6, 6.07) is 20.0. The number of nitrogens with one attached hydrogen (secondary N) is 2. The number of methoxy groups -OCH3 is 1. The van der Waals surface area contributed by atoms with Crippen LogP contribution in [0, 0.1) is 0 Å². The molecule has 5 heteroatoms. The zero-order valence-corrected chi connectivity index (χ0v) is 13.6. The van der Waals surface area contributed by atoms with Crippen molar-refractivity contribution in [2.75, 3.05) is 24.3 Å². The average Bonchev–Trinajstić information content (AvgIpc) is 2.63. The van der Waals surface area contributed by atoms with Crippen LogP contribution in [0.3, 0.4) is 0 Å². The summed E-state index contributed by atoms with van der Waals surface area (Å²) < 4.78 is 5.34. The monoisotopic (exact) mass is 320 g/mol. The minimum absolute atomic E-state index is 0.719. The van der Waals surface area contributed by atoms with Crippen LogP contribution >= 0.6 is 0 Å². The number of hydrogen-bond acceptors (Lipinski definition) is 5. The lowest BCUT2D eigenvalue weighted by molar-refractivity contribution is 0.417. The Balaban J connectivity index is 1.61. The average molecular weight is 320 g/mol. The highest BCUT2D eigenvalue weighted by Gasteiger charge is 2.04. The molecule has 0 fully saturated rings. The van der Waals surface area contributed by atoms with E-state index in [2.05, 4.69) is 44.9 Å². The molecule has 24 heavy (non-hydrogen) atoms. The number of nitrogens with zero attached hydrogens (tertiary/aromatic N) is 2. The first kappa shape index (κ1) is 15.8. The van der Waals surface area contributed by atoms with Crippen LogP contribution < -0.4 is 15.4 Å². The number of aromatic nitrogens is 2. The van der Waals surface area contributed by atoms with Crippen LogP contribution in [0.1, 0.15) is 5.56 Å². The summed E-state index contributed by atoms with van der Waals surface area (Å²) in [5, 5.41) is 6.58. The van der Waals surface area contributed by atoms with Crippen molar-refractivity contribution < 1.29 is 4.74 Å². The van der Waals surface area contributed by atoms with E-state index in [0.29, 0.717) is 0 Å². The van der Waals surface area contributed by atoms with Crippen molar-refractivity contribution in [2.45, 2.75) is 6.42 Å². The quantitative estimate of drug-likeness (QED) is 0.692. The first-order valence-electron chi connectivity index (χ1n) is 7.85. The summed E-state index contributed by atoms with van der Waals surface area (Å²) in [5.74, 6) is 2.28. The molecule has 1 aromatic heterocycles. The molecule has 0 saturated carbocycles. The third-order valence-corrected chi connectivity index (χ3v) is 3.60. The first-order chi connectivity index (χ1) is 11.8. The topological polar surface area (TPSA) is 59.1 Å². The van der Waals surface area contributed by atoms with Gasteiger partial charge in [-0.3, -0.25) is 0 Å². The van der Waals surface area contributed by atoms with Crippen molar-refractivity contribution in [3.63, 3.8) is 0 Å². The molecule has 0 aliphatic carbocycles. The number of ether oxygens (including phenoxy) is 1. The van der Waals surface area contributed by atoms with Crippen LogP contribution in [-0.2, 0) is 6.42 Å². The number of anilines is 3. The van der Waals surface area contributed by atoms with Gasteiger partial charge in [0.2, 0.25) is 0 Å². The standard InChI is InChI=1S/C19H20N4O/c1-24-17-10-6-5-9-16(17)23-19-13-18(21-14-22-19)20-12-11-15-7-3-2-4-8-15/h2-10,13-14H,11-12H2,1H3,(H2,20,21,22,23). The molecular weight excluding hydrogens is 300 g/mol. The normalized spacial score (nSPS) is 10.2. The van der Waals surface area contributed by atoms with Gasteiger partial charge in [0.15, 0.2) is 0 Å². The summed E-state index contributed by atoms with van der Waals surface area (Å²) in [5.41, 5.74) is 2.17. The molecule has 0 spiro atoms. The predicted octanol–water partition coefficient (Wildman–Crippen LogP) is 3.88. The maximum absolute atomic E-state index is 5.34. The minimum Gasteiger partial charge on any atom is -0.495 e. The van der Waals surface area contributed by atoms with Gasteiger partial charge in [-0.1, -0.05) is 42.5 Å². The Kier molecular flexibility index (Phi) is 5.24. The molecule has 0 aliphatic rings. The van der Waals surface area contributed by atoms with Crippen LogP contribution in [0.15, 0.2) is 67.0 Å². The molecular formula is C19H20N4O. The van der Waals surface area contributed by atoms with Crippen LogP contribution in [0.2, 0.25) is 0 Å². The van der Waals surface area contributed by atoms with Crippen LogP contribution in [-0.4, -0.2) is 23.6 Å². The number of benzene rings is 2. The van der Waals surface area contributed by atoms with E-state index >= 15 is 0 Å². The molecule has 122 valence electrons. The van der Waals surface area contributed by atoms with Gasteiger partial charge in [-0.25, -0.2) is 9.97 Å². The Bertz CT molecular complexity index is 777. The fourth-order valence-corrected chi connectivity index (χ4v) is 2.39. The first-order valence-corrected chi connectivity index (χ1v) is 7.85. The molecule has 3 rings (SSSR count). The Labute approximate surface area is 141 Å². The van der Waals surface area contributed by atoms with E-state index in [1.165, 1.54) is 5.56 Å². The fourth-order valence-electron chi connectivity index (χ4n) is 2.39. The van der Waals surface area contributed by atoms with Crippen molar-refractivity contribution in [3.8, 4) is 5.75 Å². The van der Waals surface area contributed by atoms with Gasteiger partial charge in [0.25, 0.3) is 0 Å². The molecule has 2 aromatic carbocycles. The maximum Gasteiger partial charge on any atom is 0.142 e. The zero-order chi connectivity index (χ0) is 16.6. The van der Waals surface area contributed by atoms with E-state index in [1.54, 1.807) is 13.4 Å². The maximum atomic E-state index is 5.34. The Morgan fingerprint density at radius 2 is 1.67 bits per heavy atom. The van der Waals surface area contributed by atoms with Crippen molar-refractivity contribution in [1.29, 1.82) is 0 Å². The summed E-state index contributed by atoms with van der Waals surface area (Å²) >= 11 is 0. The SMILES string of the molecule is COc1ccccc1Nc1cc(NCCc2ccccc2)ncn1. The van der Waals surface area contributed by atoms with Gasteiger partial charge in [-0.15, -0.1) is 0 Å². The summed E-state index contributed by atoms with van der Waals surface area (Å²) in [4.78, 5) is 8.52. The lowest BCUT2D eigenvalue weighted by Gasteiger charge is -2.11. The molecule has 0 saturated heterocycles. The Morgan fingerprint density at radius 3 is 2.50 bits per heavy atom. The molecule has 0 unspecified atom stereocenters. The highest BCUT2D eigenvalue weighted by Crippen LogP contribution is 2.26. The van der Waals surface area contributed by atoms with E-state index in [9.17, 15) is 0 Å². The van der Waals surface area contributed by atoms with E-state index in [4.69, 9.17) is 4.74 Å². The smallest absolute Gasteiger partial charge is 0.142 e. The summed E-state index contributed by atoms with van der Waals surface area (Å²) in [7, 11) is 1.65. The zero-order valence-electron chi connectivity index (χ0n) is 13.6. The van der Waals surface area contributed by atoms with Crippen LogP contribution in [0.25, 0.3) is 0 Å². The lowest BCUT2D eigenvalue weighted by atomic mass is 10.1. The predicted molar refractivity (Wildman–Crippen MR) is 96.9 cm³/mol. The largest absolute Gasteiger partial charge is 0.495 e. The van der Waals surface area contributed by atoms with Gasteiger partial charge in [0.1, 0.15) is 23.7 Å². The molecule has 2 N–H and O–H groups in total. The lowest BCUT2D eigenvalue weighted by Crippen LogP contribution is -2.07. The van der Waals surface area contributed by atoms with Crippen LogP contribution in [0.5, 0.6) is 5.75 Å². The van der Waals surface area contributed by atoms with E-state index < -0.39 is 0 Å². The van der Waals surface area contributed by atoms with Crippen molar-refractivity contribution >= 4 is 17.3 Å². The third kappa shape index (κ3) is 4.23. The summed E-state index contributed by atoms with van der Waals surface area (Å²) in [6.07, 6.45) is 2.49. The van der Waals surface area contributed by atoms with Gasteiger partial charge >= 0.3 is 0 Å². The van der Waals surface area contributed by atoms with E-state index in [0.717, 1.165) is 36.0 Å². The minimum atomic E-state index is 0.719. The van der Waals surface area contributed by atoms with Gasteiger partial charge in [-0.2, -0.15) is 0 Å². The van der Waals surface area contributed by atoms with Crippen LogP contribution in [0.4, 0.5) is 17.3 Å². The second kappa shape index (κ2) is 7.97.